The van der Waals surface area contributed by atoms with Gasteiger partial charge in [0.05, 0.1) is 7.11 Å². The first kappa shape index (κ1) is 19.0. The van der Waals surface area contributed by atoms with Crippen LogP contribution in [0.5, 0.6) is 11.5 Å². The minimum Gasteiger partial charge on any atom is -0.496 e. The minimum atomic E-state index is 0.588. The highest BCUT2D eigenvalue weighted by atomic mass is 16.5. The predicted octanol–water partition coefficient (Wildman–Crippen LogP) is 4.91. The second kappa shape index (κ2) is 9.79. The molecule has 0 bridgehead atoms. The maximum atomic E-state index is 5.93. The van der Waals surface area contributed by atoms with Gasteiger partial charge in [0.25, 0.3) is 0 Å². The van der Waals surface area contributed by atoms with E-state index in [9.17, 15) is 0 Å². The Labute approximate surface area is 162 Å². The number of ether oxygens (including phenoxy) is 2. The van der Waals surface area contributed by atoms with E-state index < -0.39 is 0 Å². The van der Waals surface area contributed by atoms with Gasteiger partial charge in [0.1, 0.15) is 18.1 Å². The number of para-hydroxylation sites is 1. The first-order chi connectivity index (χ1) is 13.2. The van der Waals surface area contributed by atoms with Crippen LogP contribution in [0.25, 0.3) is 0 Å². The first-order valence-corrected chi connectivity index (χ1v) is 9.34. The normalized spacial score (nSPS) is 10.6. The van der Waals surface area contributed by atoms with Gasteiger partial charge in [0.2, 0.25) is 0 Å². The number of aryl methyl sites for hydroxylation is 1. The van der Waals surface area contributed by atoms with Crippen LogP contribution in [0.15, 0.2) is 72.8 Å². The zero-order valence-electron chi connectivity index (χ0n) is 16.1. The molecule has 0 radical (unpaired) electrons. The number of hydrogen-bond acceptors (Lipinski definition) is 3. The van der Waals surface area contributed by atoms with Crippen molar-refractivity contribution in [3.05, 3.63) is 95.1 Å². The van der Waals surface area contributed by atoms with E-state index in [-0.39, 0.29) is 0 Å². The highest BCUT2D eigenvalue weighted by molar-refractivity contribution is 5.33. The third-order valence-corrected chi connectivity index (χ3v) is 4.52. The number of hydrogen-bond donors (Lipinski definition) is 1. The van der Waals surface area contributed by atoms with Crippen molar-refractivity contribution in [2.45, 2.75) is 26.5 Å². The molecule has 0 aromatic heterocycles. The van der Waals surface area contributed by atoms with E-state index in [0.29, 0.717) is 6.61 Å². The van der Waals surface area contributed by atoms with E-state index in [1.807, 2.05) is 30.3 Å². The summed E-state index contributed by atoms with van der Waals surface area (Å²) < 4.78 is 11.3. The van der Waals surface area contributed by atoms with Crippen LogP contribution in [0.3, 0.4) is 0 Å². The number of nitrogens with one attached hydrogen (secondary N) is 1. The zero-order valence-corrected chi connectivity index (χ0v) is 16.1. The van der Waals surface area contributed by atoms with Gasteiger partial charge in [-0.15, -0.1) is 0 Å². The standard InChI is InChI=1S/C24H27NO2/c1-19-10-12-20(13-11-19)18-27-23-8-5-6-21(16-23)17-25-15-14-22-7-3-4-9-24(22)26-2/h3-13,16,25H,14-15,17-18H2,1-2H3. The van der Waals surface area contributed by atoms with Gasteiger partial charge in [-0.1, -0.05) is 60.2 Å². The third-order valence-electron chi connectivity index (χ3n) is 4.52. The zero-order chi connectivity index (χ0) is 18.9. The van der Waals surface area contributed by atoms with E-state index in [1.54, 1.807) is 7.11 Å². The fraction of sp³-hybridized carbons (Fsp3) is 0.250. The van der Waals surface area contributed by atoms with Gasteiger partial charge in [-0.2, -0.15) is 0 Å². The molecule has 3 heteroatoms. The molecule has 3 rings (SSSR count). The topological polar surface area (TPSA) is 30.5 Å². The summed E-state index contributed by atoms with van der Waals surface area (Å²) in [6.45, 7) is 4.39. The molecule has 3 aromatic carbocycles. The second-order valence-electron chi connectivity index (χ2n) is 6.66. The summed E-state index contributed by atoms with van der Waals surface area (Å²) in [6, 6.07) is 24.9. The Bertz CT molecular complexity index is 843. The Morgan fingerprint density at radius 1 is 0.852 bits per heavy atom. The Balaban J connectivity index is 1.46. The average Bonchev–Trinajstić information content (AvgIpc) is 2.71. The quantitative estimate of drug-likeness (QED) is 0.549. The van der Waals surface area contributed by atoms with Gasteiger partial charge in [-0.05, 0) is 54.8 Å². The molecule has 0 saturated heterocycles. The van der Waals surface area contributed by atoms with E-state index in [0.717, 1.165) is 31.0 Å². The van der Waals surface area contributed by atoms with Crippen LogP contribution >= 0.6 is 0 Å². The maximum Gasteiger partial charge on any atom is 0.122 e. The molecule has 0 spiro atoms. The average molecular weight is 361 g/mol. The van der Waals surface area contributed by atoms with Crippen LogP contribution in [0.1, 0.15) is 22.3 Å². The molecule has 0 unspecified atom stereocenters. The lowest BCUT2D eigenvalue weighted by molar-refractivity contribution is 0.306. The van der Waals surface area contributed by atoms with Crippen molar-refractivity contribution in [2.75, 3.05) is 13.7 Å². The van der Waals surface area contributed by atoms with Gasteiger partial charge in [-0.3, -0.25) is 0 Å². The largest absolute Gasteiger partial charge is 0.496 e. The van der Waals surface area contributed by atoms with Crippen molar-refractivity contribution in [1.29, 1.82) is 0 Å². The summed E-state index contributed by atoms with van der Waals surface area (Å²) in [5, 5.41) is 3.50. The van der Waals surface area contributed by atoms with Crippen molar-refractivity contribution in [3.8, 4) is 11.5 Å². The van der Waals surface area contributed by atoms with Crippen LogP contribution in [0.2, 0.25) is 0 Å². The number of benzene rings is 3. The van der Waals surface area contributed by atoms with Crippen LogP contribution < -0.4 is 14.8 Å². The number of methoxy groups -OCH3 is 1. The summed E-state index contributed by atoms with van der Waals surface area (Å²) >= 11 is 0. The van der Waals surface area contributed by atoms with Crippen LogP contribution in [-0.4, -0.2) is 13.7 Å². The fourth-order valence-electron chi connectivity index (χ4n) is 2.96. The van der Waals surface area contributed by atoms with Crippen molar-refractivity contribution in [3.63, 3.8) is 0 Å². The lowest BCUT2D eigenvalue weighted by Crippen LogP contribution is -2.17. The molecule has 0 atom stereocenters. The van der Waals surface area contributed by atoms with Crippen LogP contribution in [0.4, 0.5) is 0 Å². The van der Waals surface area contributed by atoms with Crippen molar-refractivity contribution >= 4 is 0 Å². The molecule has 0 saturated carbocycles. The molecule has 0 heterocycles. The Kier molecular flexibility index (Phi) is 6.89. The smallest absolute Gasteiger partial charge is 0.122 e. The molecule has 1 N–H and O–H groups in total. The van der Waals surface area contributed by atoms with Crippen molar-refractivity contribution in [1.82, 2.24) is 5.32 Å². The van der Waals surface area contributed by atoms with E-state index in [1.165, 1.54) is 22.3 Å². The van der Waals surface area contributed by atoms with E-state index >= 15 is 0 Å². The monoisotopic (exact) mass is 361 g/mol. The van der Waals surface area contributed by atoms with Gasteiger partial charge >= 0.3 is 0 Å². The summed E-state index contributed by atoms with van der Waals surface area (Å²) in [6.07, 6.45) is 0.938. The summed E-state index contributed by atoms with van der Waals surface area (Å²) in [4.78, 5) is 0. The lowest BCUT2D eigenvalue weighted by Gasteiger charge is -2.10. The highest BCUT2D eigenvalue weighted by Crippen LogP contribution is 2.18. The molecule has 0 aliphatic carbocycles. The van der Waals surface area contributed by atoms with Crippen LogP contribution in [0, 0.1) is 6.92 Å². The molecular weight excluding hydrogens is 334 g/mol. The van der Waals surface area contributed by atoms with Crippen molar-refractivity contribution < 1.29 is 9.47 Å². The van der Waals surface area contributed by atoms with E-state index in [2.05, 4.69) is 54.7 Å². The fourth-order valence-corrected chi connectivity index (χ4v) is 2.96. The summed E-state index contributed by atoms with van der Waals surface area (Å²) in [5.74, 6) is 1.85. The Morgan fingerprint density at radius 2 is 1.67 bits per heavy atom. The molecule has 0 aliphatic heterocycles. The van der Waals surface area contributed by atoms with Crippen molar-refractivity contribution in [2.24, 2.45) is 0 Å². The molecule has 0 aliphatic rings. The first-order valence-electron chi connectivity index (χ1n) is 9.34. The van der Waals surface area contributed by atoms with Gasteiger partial charge in [-0.25, -0.2) is 0 Å². The highest BCUT2D eigenvalue weighted by Gasteiger charge is 2.02. The second-order valence-corrected chi connectivity index (χ2v) is 6.66. The molecule has 0 fully saturated rings. The SMILES string of the molecule is COc1ccccc1CCNCc1cccc(OCc2ccc(C)cc2)c1. The molecule has 3 aromatic rings. The van der Waals surface area contributed by atoms with Gasteiger partial charge < -0.3 is 14.8 Å². The molecule has 140 valence electrons. The minimum absolute atomic E-state index is 0.588. The van der Waals surface area contributed by atoms with E-state index in [4.69, 9.17) is 9.47 Å². The molecule has 27 heavy (non-hydrogen) atoms. The Hall–Kier alpha value is -2.78. The predicted molar refractivity (Wildman–Crippen MR) is 110 cm³/mol. The van der Waals surface area contributed by atoms with Gasteiger partial charge in [0, 0.05) is 6.54 Å². The molecule has 0 amide bonds. The van der Waals surface area contributed by atoms with Gasteiger partial charge in [0.15, 0.2) is 0 Å². The summed E-state index contributed by atoms with van der Waals surface area (Å²) in [5.41, 5.74) is 4.89. The Morgan fingerprint density at radius 3 is 2.48 bits per heavy atom. The molecular formula is C24H27NO2. The summed E-state index contributed by atoms with van der Waals surface area (Å²) in [7, 11) is 1.72. The maximum absolute atomic E-state index is 5.93. The number of rotatable bonds is 9. The third kappa shape index (κ3) is 5.87. The lowest BCUT2D eigenvalue weighted by atomic mass is 10.1. The van der Waals surface area contributed by atoms with Crippen LogP contribution in [-0.2, 0) is 19.6 Å². The molecule has 3 nitrogen and oxygen atoms in total.